The normalized spacial score (nSPS) is 14.5. The molecule has 4 nitrogen and oxygen atoms in total. The van der Waals surface area contributed by atoms with Gasteiger partial charge in [-0.1, -0.05) is 17.7 Å². The zero-order chi connectivity index (χ0) is 17.8. The van der Waals surface area contributed by atoms with Crippen LogP contribution in [0.1, 0.15) is 0 Å². The number of halogens is 3. The molecule has 3 rings (SSSR count). The van der Waals surface area contributed by atoms with Gasteiger partial charge in [-0.2, -0.15) is 0 Å². The highest BCUT2D eigenvalue weighted by atomic mass is 35.5. The number of benzene rings is 2. The molecule has 7 heteroatoms. The van der Waals surface area contributed by atoms with Gasteiger partial charge < -0.3 is 14.5 Å². The molecule has 2 aromatic rings. The van der Waals surface area contributed by atoms with E-state index < -0.39 is 11.6 Å². The SMILES string of the molecule is O=C(COc1ccc(Cl)cc1)N1CCN(c2c(F)cccc2F)CC1. The van der Waals surface area contributed by atoms with E-state index in [1.807, 2.05) is 0 Å². The molecule has 1 aliphatic rings. The van der Waals surface area contributed by atoms with Gasteiger partial charge in [0.05, 0.1) is 0 Å². The van der Waals surface area contributed by atoms with E-state index in [0.717, 1.165) is 0 Å². The van der Waals surface area contributed by atoms with Crippen molar-refractivity contribution in [3.8, 4) is 5.75 Å². The molecule has 2 aromatic carbocycles. The van der Waals surface area contributed by atoms with Crippen LogP contribution in [-0.2, 0) is 4.79 Å². The van der Waals surface area contributed by atoms with Gasteiger partial charge in [-0.25, -0.2) is 8.78 Å². The largest absolute Gasteiger partial charge is 0.484 e. The van der Waals surface area contributed by atoms with Crippen LogP contribution >= 0.6 is 11.6 Å². The van der Waals surface area contributed by atoms with Gasteiger partial charge in [0.15, 0.2) is 6.61 Å². The van der Waals surface area contributed by atoms with Gasteiger partial charge in [0, 0.05) is 31.2 Å². The molecular formula is C18H17ClF2N2O2. The lowest BCUT2D eigenvalue weighted by Crippen LogP contribution is -2.50. The van der Waals surface area contributed by atoms with Crippen molar-refractivity contribution in [1.82, 2.24) is 4.90 Å². The first-order valence-electron chi connectivity index (χ1n) is 7.89. The van der Waals surface area contributed by atoms with E-state index in [1.165, 1.54) is 18.2 Å². The quantitative estimate of drug-likeness (QED) is 0.832. The van der Waals surface area contributed by atoms with E-state index in [2.05, 4.69) is 0 Å². The minimum absolute atomic E-state index is 0.0352. The minimum Gasteiger partial charge on any atom is -0.484 e. The fourth-order valence-corrected chi connectivity index (χ4v) is 2.86. The lowest BCUT2D eigenvalue weighted by molar-refractivity contribution is -0.133. The molecule has 1 fully saturated rings. The molecule has 132 valence electrons. The number of piperazine rings is 1. The summed E-state index contributed by atoms with van der Waals surface area (Å²) in [7, 11) is 0. The maximum atomic E-state index is 13.8. The van der Waals surface area contributed by atoms with E-state index in [9.17, 15) is 13.6 Å². The first-order valence-corrected chi connectivity index (χ1v) is 8.27. The Morgan fingerprint density at radius 2 is 1.60 bits per heavy atom. The number of amides is 1. The van der Waals surface area contributed by atoms with Crippen LogP contribution in [0.3, 0.4) is 0 Å². The van der Waals surface area contributed by atoms with E-state index in [1.54, 1.807) is 34.1 Å². The van der Waals surface area contributed by atoms with Crippen molar-refractivity contribution in [2.45, 2.75) is 0 Å². The highest BCUT2D eigenvalue weighted by Crippen LogP contribution is 2.24. The van der Waals surface area contributed by atoms with Crippen LogP contribution in [-0.4, -0.2) is 43.6 Å². The van der Waals surface area contributed by atoms with Gasteiger partial charge in [-0.05, 0) is 36.4 Å². The number of ether oxygens (including phenoxy) is 1. The Bertz CT molecular complexity index is 727. The Kier molecular flexibility index (Phi) is 5.38. The molecule has 25 heavy (non-hydrogen) atoms. The third-order valence-electron chi connectivity index (χ3n) is 4.06. The van der Waals surface area contributed by atoms with E-state index in [-0.39, 0.29) is 18.2 Å². The summed E-state index contributed by atoms with van der Waals surface area (Å²) in [5.41, 5.74) is -0.0352. The zero-order valence-electron chi connectivity index (χ0n) is 13.4. The Labute approximate surface area is 149 Å². The standard InChI is InChI=1S/C18H17ClF2N2O2/c19-13-4-6-14(7-5-13)25-12-17(24)22-8-10-23(11-9-22)18-15(20)2-1-3-16(18)21/h1-7H,8-12H2. The minimum atomic E-state index is -0.592. The van der Waals surface area contributed by atoms with Crippen LogP contribution in [0.5, 0.6) is 5.75 Å². The summed E-state index contributed by atoms with van der Waals surface area (Å²) in [6, 6.07) is 10.5. The fraction of sp³-hybridized carbons (Fsp3) is 0.278. The Morgan fingerprint density at radius 1 is 1.00 bits per heavy atom. The summed E-state index contributed by atoms with van der Waals surface area (Å²) in [5, 5.41) is 0.593. The second-order valence-corrected chi connectivity index (χ2v) is 6.12. The molecule has 0 aromatic heterocycles. The molecule has 0 N–H and O–H groups in total. The molecule has 0 atom stereocenters. The molecule has 1 saturated heterocycles. The first-order chi connectivity index (χ1) is 12.0. The summed E-state index contributed by atoms with van der Waals surface area (Å²) in [4.78, 5) is 15.5. The summed E-state index contributed by atoms with van der Waals surface area (Å²) in [6.07, 6.45) is 0. The van der Waals surface area contributed by atoms with Crippen LogP contribution in [0.25, 0.3) is 0 Å². The van der Waals surface area contributed by atoms with Crippen molar-refractivity contribution in [2.24, 2.45) is 0 Å². The van der Waals surface area contributed by atoms with Crippen molar-refractivity contribution in [3.63, 3.8) is 0 Å². The van der Waals surface area contributed by atoms with Gasteiger partial charge in [0.25, 0.3) is 5.91 Å². The lowest BCUT2D eigenvalue weighted by Gasteiger charge is -2.36. The van der Waals surface area contributed by atoms with Gasteiger partial charge in [0.2, 0.25) is 0 Å². The van der Waals surface area contributed by atoms with Crippen LogP contribution in [0, 0.1) is 11.6 Å². The first kappa shape index (κ1) is 17.5. The third-order valence-corrected chi connectivity index (χ3v) is 4.31. The maximum absolute atomic E-state index is 13.8. The Hall–Kier alpha value is -2.34. The molecule has 1 heterocycles. The molecular weight excluding hydrogens is 350 g/mol. The number of nitrogens with zero attached hydrogens (tertiary/aromatic N) is 2. The molecule has 1 amide bonds. The highest BCUT2D eigenvalue weighted by molar-refractivity contribution is 6.30. The Balaban J connectivity index is 1.53. The molecule has 0 spiro atoms. The molecule has 0 saturated carbocycles. The molecule has 0 bridgehead atoms. The highest BCUT2D eigenvalue weighted by Gasteiger charge is 2.24. The maximum Gasteiger partial charge on any atom is 0.260 e. The number of anilines is 1. The summed E-state index contributed by atoms with van der Waals surface area (Å²) in [6.45, 7) is 1.41. The fourth-order valence-electron chi connectivity index (χ4n) is 2.74. The predicted molar refractivity (Wildman–Crippen MR) is 92.1 cm³/mol. The van der Waals surface area contributed by atoms with Gasteiger partial charge in [-0.15, -0.1) is 0 Å². The van der Waals surface area contributed by atoms with Gasteiger partial charge in [0.1, 0.15) is 23.1 Å². The summed E-state index contributed by atoms with van der Waals surface area (Å²) >= 11 is 5.79. The average molecular weight is 367 g/mol. The topological polar surface area (TPSA) is 32.8 Å². The second kappa shape index (κ2) is 7.70. The number of rotatable bonds is 4. The number of para-hydroxylation sites is 1. The second-order valence-electron chi connectivity index (χ2n) is 5.68. The Morgan fingerprint density at radius 3 is 2.20 bits per heavy atom. The summed E-state index contributed by atoms with van der Waals surface area (Å²) < 4.78 is 33.1. The van der Waals surface area contributed by atoms with Crippen molar-refractivity contribution in [3.05, 3.63) is 59.1 Å². The number of hydrogen-bond donors (Lipinski definition) is 0. The van der Waals surface area contributed by atoms with Gasteiger partial charge in [-0.3, -0.25) is 4.79 Å². The van der Waals surface area contributed by atoms with E-state index in [0.29, 0.717) is 37.0 Å². The number of carbonyl (C=O) groups excluding carboxylic acids is 1. The van der Waals surface area contributed by atoms with Crippen molar-refractivity contribution in [1.29, 1.82) is 0 Å². The van der Waals surface area contributed by atoms with Crippen molar-refractivity contribution < 1.29 is 18.3 Å². The third kappa shape index (κ3) is 4.20. The molecule has 0 radical (unpaired) electrons. The van der Waals surface area contributed by atoms with E-state index >= 15 is 0 Å². The van der Waals surface area contributed by atoms with Crippen LogP contribution in [0.15, 0.2) is 42.5 Å². The molecule has 0 unspecified atom stereocenters. The van der Waals surface area contributed by atoms with E-state index in [4.69, 9.17) is 16.3 Å². The van der Waals surface area contributed by atoms with Crippen LogP contribution in [0.4, 0.5) is 14.5 Å². The summed E-state index contributed by atoms with van der Waals surface area (Å²) in [5.74, 6) is -0.787. The average Bonchev–Trinajstić information content (AvgIpc) is 2.61. The van der Waals surface area contributed by atoms with Gasteiger partial charge >= 0.3 is 0 Å². The zero-order valence-corrected chi connectivity index (χ0v) is 14.2. The monoisotopic (exact) mass is 366 g/mol. The predicted octanol–water partition coefficient (Wildman–Crippen LogP) is 3.35. The molecule has 0 aliphatic carbocycles. The number of carbonyl (C=O) groups is 1. The number of hydrogen-bond acceptors (Lipinski definition) is 3. The lowest BCUT2D eigenvalue weighted by atomic mass is 10.2. The van der Waals surface area contributed by atoms with Crippen molar-refractivity contribution >= 4 is 23.2 Å². The van der Waals surface area contributed by atoms with Crippen molar-refractivity contribution in [2.75, 3.05) is 37.7 Å². The van der Waals surface area contributed by atoms with Crippen LogP contribution < -0.4 is 9.64 Å². The smallest absolute Gasteiger partial charge is 0.260 e. The van der Waals surface area contributed by atoms with Crippen LogP contribution in [0.2, 0.25) is 5.02 Å². The molecule has 1 aliphatic heterocycles.